The van der Waals surface area contributed by atoms with Crippen LogP contribution in [0.5, 0.6) is 0 Å². The Morgan fingerprint density at radius 2 is 2.22 bits per heavy atom. The molecular formula is C13H12BrN3O. The fourth-order valence-corrected chi connectivity index (χ4v) is 2.03. The number of anilines is 1. The molecule has 1 heterocycles. The summed E-state index contributed by atoms with van der Waals surface area (Å²) in [6, 6.07) is 7.48. The Kier molecular flexibility index (Phi) is 3.68. The summed E-state index contributed by atoms with van der Waals surface area (Å²) in [5.41, 5.74) is 2.43. The molecule has 1 aromatic heterocycles. The summed E-state index contributed by atoms with van der Waals surface area (Å²) in [7, 11) is 0. The molecule has 0 amide bonds. The molecule has 0 atom stereocenters. The fourth-order valence-electron chi connectivity index (χ4n) is 1.51. The Hall–Kier alpha value is -1.80. The Morgan fingerprint density at radius 1 is 1.44 bits per heavy atom. The lowest BCUT2D eigenvalue weighted by Crippen LogP contribution is -2.00. The van der Waals surface area contributed by atoms with E-state index < -0.39 is 0 Å². The van der Waals surface area contributed by atoms with Crippen LogP contribution >= 0.6 is 15.9 Å². The minimum atomic E-state index is 0.513. The summed E-state index contributed by atoms with van der Waals surface area (Å²) in [6.07, 6.45) is 0. The van der Waals surface area contributed by atoms with E-state index >= 15 is 0 Å². The highest BCUT2D eigenvalue weighted by atomic mass is 79.9. The lowest BCUT2D eigenvalue weighted by Gasteiger charge is -2.06. The van der Waals surface area contributed by atoms with Crippen LogP contribution in [0.4, 0.5) is 5.69 Å². The summed E-state index contributed by atoms with van der Waals surface area (Å²) in [4.78, 5) is 4.29. The van der Waals surface area contributed by atoms with Crippen LogP contribution in [0, 0.1) is 25.2 Å². The summed E-state index contributed by atoms with van der Waals surface area (Å²) >= 11 is 3.42. The molecule has 18 heavy (non-hydrogen) atoms. The third-order valence-electron chi connectivity index (χ3n) is 2.60. The van der Waals surface area contributed by atoms with Crippen molar-refractivity contribution in [1.29, 1.82) is 5.26 Å². The molecule has 0 saturated heterocycles. The van der Waals surface area contributed by atoms with Crippen molar-refractivity contribution in [3.05, 3.63) is 45.6 Å². The van der Waals surface area contributed by atoms with Crippen LogP contribution in [0.2, 0.25) is 0 Å². The molecule has 5 heteroatoms. The van der Waals surface area contributed by atoms with Crippen LogP contribution in [0.1, 0.15) is 22.9 Å². The largest absolute Gasteiger partial charge is 0.444 e. The maximum Gasteiger partial charge on any atom is 0.213 e. The van der Waals surface area contributed by atoms with Crippen LogP contribution in [0.3, 0.4) is 0 Å². The second kappa shape index (κ2) is 5.23. The van der Waals surface area contributed by atoms with Crippen LogP contribution in [0.25, 0.3) is 0 Å². The topological polar surface area (TPSA) is 61.9 Å². The quantitative estimate of drug-likeness (QED) is 0.942. The standard InChI is InChI=1S/C13H12BrN3O/c1-8-9(2)18-13(17-8)7-16-12-4-3-10(6-15)5-11(12)14/h3-5,16H,7H2,1-2H3. The average molecular weight is 306 g/mol. The number of rotatable bonds is 3. The van der Waals surface area contributed by atoms with Crippen molar-refractivity contribution >= 4 is 21.6 Å². The minimum Gasteiger partial charge on any atom is -0.444 e. The molecular weight excluding hydrogens is 294 g/mol. The van der Waals surface area contributed by atoms with E-state index in [1.54, 1.807) is 12.1 Å². The van der Waals surface area contributed by atoms with Crippen molar-refractivity contribution in [2.75, 3.05) is 5.32 Å². The van der Waals surface area contributed by atoms with E-state index in [1.165, 1.54) is 0 Å². The van der Waals surface area contributed by atoms with Gasteiger partial charge in [0, 0.05) is 10.2 Å². The zero-order valence-electron chi connectivity index (χ0n) is 10.1. The SMILES string of the molecule is Cc1nc(CNc2ccc(C#N)cc2Br)oc1C. The predicted octanol–water partition coefficient (Wildman–Crippen LogP) is 3.54. The van der Waals surface area contributed by atoms with Crippen molar-refractivity contribution in [3.8, 4) is 6.07 Å². The van der Waals surface area contributed by atoms with E-state index in [1.807, 2.05) is 19.9 Å². The van der Waals surface area contributed by atoms with Crippen LogP contribution in [-0.2, 0) is 6.54 Å². The summed E-state index contributed by atoms with van der Waals surface area (Å²) in [6.45, 7) is 4.32. The van der Waals surface area contributed by atoms with Gasteiger partial charge in [-0.25, -0.2) is 4.98 Å². The van der Waals surface area contributed by atoms with Gasteiger partial charge in [-0.2, -0.15) is 5.26 Å². The zero-order chi connectivity index (χ0) is 13.1. The van der Waals surface area contributed by atoms with Crippen molar-refractivity contribution < 1.29 is 4.42 Å². The van der Waals surface area contributed by atoms with Gasteiger partial charge in [0.2, 0.25) is 5.89 Å². The summed E-state index contributed by atoms with van der Waals surface area (Å²) in [5, 5.41) is 12.0. The van der Waals surface area contributed by atoms with E-state index in [2.05, 4.69) is 32.3 Å². The van der Waals surface area contributed by atoms with E-state index in [-0.39, 0.29) is 0 Å². The second-order valence-electron chi connectivity index (χ2n) is 3.91. The van der Waals surface area contributed by atoms with Gasteiger partial charge in [0.15, 0.2) is 0 Å². The molecule has 0 unspecified atom stereocenters. The smallest absolute Gasteiger partial charge is 0.213 e. The molecule has 92 valence electrons. The average Bonchev–Trinajstić information content (AvgIpc) is 2.67. The van der Waals surface area contributed by atoms with Crippen molar-refractivity contribution in [1.82, 2.24) is 4.98 Å². The van der Waals surface area contributed by atoms with E-state index in [0.29, 0.717) is 18.0 Å². The zero-order valence-corrected chi connectivity index (χ0v) is 11.7. The number of nitriles is 1. The highest BCUT2D eigenvalue weighted by molar-refractivity contribution is 9.10. The number of benzene rings is 1. The Labute approximate surface area is 114 Å². The van der Waals surface area contributed by atoms with Gasteiger partial charge < -0.3 is 9.73 Å². The van der Waals surface area contributed by atoms with E-state index in [9.17, 15) is 0 Å². The number of oxazole rings is 1. The fraction of sp³-hybridized carbons (Fsp3) is 0.231. The normalized spacial score (nSPS) is 10.1. The summed E-state index contributed by atoms with van der Waals surface area (Å²) < 4.78 is 6.33. The first kappa shape index (κ1) is 12.7. The molecule has 2 rings (SSSR count). The molecule has 0 spiro atoms. The minimum absolute atomic E-state index is 0.513. The van der Waals surface area contributed by atoms with Gasteiger partial charge in [-0.05, 0) is 48.0 Å². The van der Waals surface area contributed by atoms with Gasteiger partial charge in [0.1, 0.15) is 5.76 Å². The number of nitrogens with zero attached hydrogens (tertiary/aromatic N) is 2. The van der Waals surface area contributed by atoms with Crippen LogP contribution < -0.4 is 5.32 Å². The number of nitrogens with one attached hydrogen (secondary N) is 1. The molecule has 0 bridgehead atoms. The third-order valence-corrected chi connectivity index (χ3v) is 3.26. The van der Waals surface area contributed by atoms with Crippen molar-refractivity contribution in [3.63, 3.8) is 0 Å². The maximum atomic E-state index is 8.78. The Bertz CT molecular complexity index is 594. The van der Waals surface area contributed by atoms with Crippen molar-refractivity contribution in [2.24, 2.45) is 0 Å². The van der Waals surface area contributed by atoms with Gasteiger partial charge in [-0.1, -0.05) is 0 Å². The molecule has 1 aromatic carbocycles. The van der Waals surface area contributed by atoms with Crippen LogP contribution in [0.15, 0.2) is 27.1 Å². The molecule has 0 radical (unpaired) electrons. The molecule has 0 aliphatic carbocycles. The first-order valence-corrected chi connectivity index (χ1v) is 6.26. The Morgan fingerprint density at radius 3 is 2.78 bits per heavy atom. The van der Waals surface area contributed by atoms with Crippen LogP contribution in [-0.4, -0.2) is 4.98 Å². The molecule has 0 fully saturated rings. The number of aromatic nitrogens is 1. The first-order chi connectivity index (χ1) is 8.60. The van der Waals surface area contributed by atoms with E-state index in [4.69, 9.17) is 9.68 Å². The summed E-state index contributed by atoms with van der Waals surface area (Å²) in [5.74, 6) is 1.49. The Balaban J connectivity index is 2.09. The molecule has 0 saturated carbocycles. The number of aryl methyl sites for hydroxylation is 2. The van der Waals surface area contributed by atoms with E-state index in [0.717, 1.165) is 21.6 Å². The van der Waals surface area contributed by atoms with Gasteiger partial charge in [0.05, 0.1) is 23.9 Å². The number of hydrogen-bond acceptors (Lipinski definition) is 4. The molecule has 2 aromatic rings. The maximum absolute atomic E-state index is 8.78. The molecule has 4 nitrogen and oxygen atoms in total. The van der Waals surface area contributed by atoms with Gasteiger partial charge in [-0.15, -0.1) is 0 Å². The van der Waals surface area contributed by atoms with Gasteiger partial charge in [-0.3, -0.25) is 0 Å². The van der Waals surface area contributed by atoms with Gasteiger partial charge >= 0.3 is 0 Å². The van der Waals surface area contributed by atoms with Crippen molar-refractivity contribution in [2.45, 2.75) is 20.4 Å². The predicted molar refractivity (Wildman–Crippen MR) is 72.2 cm³/mol. The highest BCUT2D eigenvalue weighted by Crippen LogP contribution is 2.24. The number of hydrogen-bond donors (Lipinski definition) is 1. The second-order valence-corrected chi connectivity index (χ2v) is 4.76. The molecule has 0 aliphatic rings. The third kappa shape index (κ3) is 2.71. The lowest BCUT2D eigenvalue weighted by atomic mass is 10.2. The molecule has 1 N–H and O–H groups in total. The monoisotopic (exact) mass is 305 g/mol. The molecule has 0 aliphatic heterocycles. The van der Waals surface area contributed by atoms with Gasteiger partial charge in [0.25, 0.3) is 0 Å². The lowest BCUT2D eigenvalue weighted by molar-refractivity contribution is 0.478. The first-order valence-electron chi connectivity index (χ1n) is 5.46. The highest BCUT2D eigenvalue weighted by Gasteiger charge is 2.06. The number of halogens is 1.